The Kier molecular flexibility index (Phi) is 4.46. The lowest BCUT2D eigenvalue weighted by Gasteiger charge is -2.27. The average molecular weight is 305 g/mol. The van der Waals surface area contributed by atoms with Crippen molar-refractivity contribution in [2.24, 2.45) is 0 Å². The first-order valence-electron chi connectivity index (χ1n) is 6.18. The summed E-state index contributed by atoms with van der Waals surface area (Å²) >= 11 is 5.31. The van der Waals surface area contributed by atoms with Crippen LogP contribution in [0.15, 0.2) is 18.2 Å². The fraction of sp³-hybridized carbons (Fsp3) is 0.571. The van der Waals surface area contributed by atoms with E-state index >= 15 is 0 Å². The molecular formula is C14H22ClO3P. The van der Waals surface area contributed by atoms with Crippen LogP contribution in [0.2, 0.25) is 0 Å². The topological polar surface area (TPSA) is 46.5 Å². The van der Waals surface area contributed by atoms with Gasteiger partial charge >= 0.3 is 6.95 Å². The third-order valence-electron chi connectivity index (χ3n) is 2.86. The van der Waals surface area contributed by atoms with Crippen LogP contribution in [0.25, 0.3) is 0 Å². The molecular weight excluding hydrogens is 283 g/mol. The van der Waals surface area contributed by atoms with Gasteiger partial charge in [-0.15, -0.1) is 0 Å². The van der Waals surface area contributed by atoms with Crippen molar-refractivity contribution in [1.29, 1.82) is 0 Å². The molecule has 0 saturated carbocycles. The summed E-state index contributed by atoms with van der Waals surface area (Å²) in [6, 6.07) is 5.63. The Morgan fingerprint density at radius 2 is 1.63 bits per heavy atom. The Bertz CT molecular complexity index is 506. The lowest BCUT2D eigenvalue weighted by molar-refractivity contribution is 0.394. The molecule has 19 heavy (non-hydrogen) atoms. The van der Waals surface area contributed by atoms with E-state index in [2.05, 4.69) is 20.8 Å². The van der Waals surface area contributed by atoms with Crippen molar-refractivity contribution in [3.05, 3.63) is 29.3 Å². The highest BCUT2D eigenvalue weighted by Gasteiger charge is 2.26. The molecule has 0 saturated heterocycles. The van der Waals surface area contributed by atoms with E-state index in [4.69, 9.17) is 15.8 Å². The second kappa shape index (κ2) is 5.12. The second-order valence-corrected chi connectivity index (χ2v) is 9.12. The van der Waals surface area contributed by atoms with Gasteiger partial charge in [0.1, 0.15) is 5.75 Å². The minimum Gasteiger partial charge on any atom is -0.413 e. The zero-order chi connectivity index (χ0) is 15.1. The first-order valence-corrected chi connectivity index (χ1v) is 8.66. The number of halogens is 1. The highest BCUT2D eigenvalue weighted by Crippen LogP contribution is 2.50. The predicted molar refractivity (Wildman–Crippen MR) is 80.1 cm³/mol. The normalized spacial score (nSPS) is 16.0. The maximum Gasteiger partial charge on any atom is 0.474 e. The minimum atomic E-state index is -4.07. The summed E-state index contributed by atoms with van der Waals surface area (Å²) in [5, 5.41) is 0. The lowest BCUT2D eigenvalue weighted by Crippen LogP contribution is -2.17. The highest BCUT2D eigenvalue weighted by atomic mass is 35.7. The van der Waals surface area contributed by atoms with Gasteiger partial charge in [0, 0.05) is 16.8 Å². The molecule has 0 aromatic heterocycles. The molecule has 0 aliphatic heterocycles. The van der Waals surface area contributed by atoms with Crippen LogP contribution < -0.4 is 4.52 Å². The van der Waals surface area contributed by atoms with Gasteiger partial charge in [0.25, 0.3) is 0 Å². The van der Waals surface area contributed by atoms with Gasteiger partial charge in [-0.1, -0.05) is 53.7 Å². The molecule has 0 fully saturated rings. The maximum absolute atomic E-state index is 11.2. The number of hydrogen-bond acceptors (Lipinski definition) is 2. The van der Waals surface area contributed by atoms with Crippen LogP contribution in [0.1, 0.15) is 52.7 Å². The van der Waals surface area contributed by atoms with E-state index in [9.17, 15) is 9.46 Å². The molecule has 0 amide bonds. The monoisotopic (exact) mass is 304 g/mol. The molecule has 5 heteroatoms. The predicted octanol–water partition coefficient (Wildman–Crippen LogP) is 5.00. The van der Waals surface area contributed by atoms with Gasteiger partial charge < -0.3 is 9.42 Å². The van der Waals surface area contributed by atoms with Crippen molar-refractivity contribution in [2.75, 3.05) is 0 Å². The van der Waals surface area contributed by atoms with Gasteiger partial charge in [0.15, 0.2) is 0 Å². The SMILES string of the molecule is CC(C)(C)c1ccc(OP(=O)(O)Cl)c(C(C)(C)C)c1. The molecule has 1 aromatic rings. The van der Waals surface area contributed by atoms with E-state index < -0.39 is 6.95 Å². The molecule has 0 heterocycles. The molecule has 1 atom stereocenters. The second-order valence-electron chi connectivity index (χ2n) is 6.75. The molecule has 1 aromatic carbocycles. The number of rotatable bonds is 2. The Hall–Kier alpha value is -0.500. The van der Waals surface area contributed by atoms with Crippen molar-refractivity contribution < 1.29 is 14.0 Å². The number of benzene rings is 1. The third-order valence-corrected chi connectivity index (χ3v) is 3.49. The van der Waals surface area contributed by atoms with Crippen LogP contribution in [-0.2, 0) is 15.4 Å². The van der Waals surface area contributed by atoms with Gasteiger partial charge in [0.05, 0.1) is 0 Å². The zero-order valence-electron chi connectivity index (χ0n) is 12.3. The highest BCUT2D eigenvalue weighted by molar-refractivity contribution is 7.80. The summed E-state index contributed by atoms with van der Waals surface area (Å²) < 4.78 is 16.2. The largest absolute Gasteiger partial charge is 0.474 e. The van der Waals surface area contributed by atoms with Crippen LogP contribution in [0.5, 0.6) is 5.75 Å². The average Bonchev–Trinajstić information content (AvgIpc) is 2.11. The number of hydrogen-bond donors (Lipinski definition) is 1. The zero-order valence-corrected chi connectivity index (χ0v) is 14.0. The van der Waals surface area contributed by atoms with Crippen molar-refractivity contribution in [3.8, 4) is 5.75 Å². The Labute approximate surface area is 120 Å². The molecule has 1 rings (SSSR count). The summed E-state index contributed by atoms with van der Waals surface area (Å²) in [6.45, 7) is 8.37. The molecule has 0 radical (unpaired) electrons. The Balaban J connectivity index is 3.38. The van der Waals surface area contributed by atoms with E-state index in [0.717, 1.165) is 11.1 Å². The van der Waals surface area contributed by atoms with Crippen LogP contribution in [0.4, 0.5) is 0 Å². The van der Waals surface area contributed by atoms with Gasteiger partial charge in [0.2, 0.25) is 0 Å². The maximum atomic E-state index is 11.2. The Morgan fingerprint density at radius 3 is 2.00 bits per heavy atom. The summed E-state index contributed by atoms with van der Waals surface area (Å²) in [4.78, 5) is 9.19. The van der Waals surface area contributed by atoms with E-state index in [-0.39, 0.29) is 10.8 Å². The smallest absolute Gasteiger partial charge is 0.413 e. The molecule has 3 nitrogen and oxygen atoms in total. The van der Waals surface area contributed by atoms with Crippen molar-refractivity contribution in [1.82, 2.24) is 0 Å². The van der Waals surface area contributed by atoms with E-state index in [1.807, 2.05) is 32.9 Å². The van der Waals surface area contributed by atoms with E-state index in [0.29, 0.717) is 5.75 Å². The van der Waals surface area contributed by atoms with Crippen molar-refractivity contribution in [3.63, 3.8) is 0 Å². The van der Waals surface area contributed by atoms with Crippen molar-refractivity contribution >= 4 is 18.2 Å². The lowest BCUT2D eigenvalue weighted by atomic mass is 9.80. The first-order chi connectivity index (χ1) is 8.31. The van der Waals surface area contributed by atoms with Crippen LogP contribution in [0.3, 0.4) is 0 Å². The fourth-order valence-corrected chi connectivity index (χ4v) is 2.41. The Morgan fingerprint density at radius 1 is 1.11 bits per heavy atom. The van der Waals surface area contributed by atoms with Crippen molar-refractivity contribution in [2.45, 2.75) is 52.4 Å². The van der Waals surface area contributed by atoms with Gasteiger partial charge in [-0.3, -0.25) is 0 Å². The molecule has 0 aliphatic rings. The molecule has 0 spiro atoms. The molecule has 0 bridgehead atoms. The van der Waals surface area contributed by atoms with E-state index in [1.54, 1.807) is 6.07 Å². The van der Waals surface area contributed by atoms with Crippen LogP contribution in [-0.4, -0.2) is 4.89 Å². The quantitative estimate of drug-likeness (QED) is 0.782. The van der Waals surface area contributed by atoms with E-state index in [1.165, 1.54) is 0 Å². The molecule has 108 valence electrons. The summed E-state index contributed by atoms with van der Waals surface area (Å²) in [7, 11) is 0. The fourth-order valence-electron chi connectivity index (χ4n) is 1.78. The first kappa shape index (κ1) is 16.6. The van der Waals surface area contributed by atoms with Crippen LogP contribution >= 0.6 is 18.2 Å². The van der Waals surface area contributed by atoms with Gasteiger partial charge in [-0.05, 0) is 22.5 Å². The summed E-state index contributed by atoms with van der Waals surface area (Å²) in [5.74, 6) is 0.362. The standard InChI is InChI=1S/C14H22ClO3P/c1-13(2,3)10-7-8-12(18-19(15,16)17)11(9-10)14(4,5)6/h7-9H,1-6H3,(H,16,17). The minimum absolute atomic E-state index is 0.00239. The third kappa shape index (κ3) is 4.83. The molecule has 1 N–H and O–H groups in total. The molecule has 1 unspecified atom stereocenters. The van der Waals surface area contributed by atoms with Gasteiger partial charge in [-0.25, -0.2) is 4.57 Å². The van der Waals surface area contributed by atoms with Crippen LogP contribution in [0, 0.1) is 0 Å². The summed E-state index contributed by atoms with van der Waals surface area (Å²) in [5.41, 5.74) is 1.81. The van der Waals surface area contributed by atoms with Gasteiger partial charge in [-0.2, -0.15) is 0 Å². The summed E-state index contributed by atoms with van der Waals surface area (Å²) in [6.07, 6.45) is 0. The molecule has 0 aliphatic carbocycles.